The van der Waals surface area contributed by atoms with Crippen LogP contribution in [-0.2, 0) is 9.53 Å². The molecule has 1 atom stereocenters. The molecule has 0 aromatic carbocycles. The fourth-order valence-electron chi connectivity index (χ4n) is 0.667. The first kappa shape index (κ1) is 11.2. The molecular weight excluding hydrogens is 156 g/mol. The summed E-state index contributed by atoms with van der Waals surface area (Å²) < 4.78 is 4.80. The van der Waals surface area contributed by atoms with Crippen molar-refractivity contribution in [2.45, 2.75) is 32.8 Å². The third-order valence-electron chi connectivity index (χ3n) is 1.35. The van der Waals surface area contributed by atoms with Gasteiger partial charge in [0.1, 0.15) is 0 Å². The van der Waals surface area contributed by atoms with E-state index >= 15 is 0 Å². The van der Waals surface area contributed by atoms with Gasteiger partial charge in [-0.1, -0.05) is 6.58 Å². The summed E-state index contributed by atoms with van der Waals surface area (Å²) >= 11 is 0. The van der Waals surface area contributed by atoms with Gasteiger partial charge in [0.25, 0.3) is 0 Å². The number of ether oxygens (including phenoxy) is 1. The molecule has 0 aromatic rings. The van der Waals surface area contributed by atoms with E-state index in [1.165, 1.54) is 0 Å². The van der Waals surface area contributed by atoms with Gasteiger partial charge in [-0.25, -0.2) is 4.79 Å². The Bertz CT molecular complexity index is 161. The van der Waals surface area contributed by atoms with E-state index in [2.05, 4.69) is 6.58 Å². The number of esters is 1. The number of aliphatic hydroxyl groups excluding tert-OH is 1. The Morgan fingerprint density at radius 2 is 2.25 bits per heavy atom. The Morgan fingerprint density at radius 3 is 2.67 bits per heavy atom. The van der Waals surface area contributed by atoms with Gasteiger partial charge in [0.15, 0.2) is 0 Å². The second kappa shape index (κ2) is 5.77. The molecule has 1 unspecified atom stereocenters. The summed E-state index contributed by atoms with van der Waals surface area (Å²) in [5.41, 5.74) is 0.409. The third-order valence-corrected chi connectivity index (χ3v) is 1.35. The van der Waals surface area contributed by atoms with Crippen LogP contribution in [0.2, 0.25) is 0 Å². The van der Waals surface area contributed by atoms with Crippen LogP contribution in [-0.4, -0.2) is 23.8 Å². The quantitative estimate of drug-likeness (QED) is 0.386. The van der Waals surface area contributed by atoms with Crippen LogP contribution < -0.4 is 0 Å². The van der Waals surface area contributed by atoms with Crippen LogP contribution in [0.3, 0.4) is 0 Å². The SMILES string of the molecule is C=C(C)C(=O)OCCCC(C)O. The lowest BCUT2D eigenvalue weighted by Crippen LogP contribution is -2.08. The number of carbonyl (C=O) groups is 1. The number of hydrogen-bond donors (Lipinski definition) is 1. The molecule has 0 aliphatic heterocycles. The van der Waals surface area contributed by atoms with Crippen LogP contribution in [0, 0.1) is 0 Å². The Balaban J connectivity index is 3.32. The average Bonchev–Trinajstić information content (AvgIpc) is 1.97. The number of hydrogen-bond acceptors (Lipinski definition) is 3. The monoisotopic (exact) mass is 172 g/mol. The fourth-order valence-corrected chi connectivity index (χ4v) is 0.667. The number of aliphatic hydroxyl groups is 1. The van der Waals surface area contributed by atoms with Crippen molar-refractivity contribution in [3.8, 4) is 0 Å². The van der Waals surface area contributed by atoms with Crippen molar-refractivity contribution in [3.63, 3.8) is 0 Å². The minimum Gasteiger partial charge on any atom is -0.462 e. The van der Waals surface area contributed by atoms with Crippen molar-refractivity contribution in [2.24, 2.45) is 0 Å². The fraction of sp³-hybridized carbons (Fsp3) is 0.667. The van der Waals surface area contributed by atoms with Crippen molar-refractivity contribution in [1.29, 1.82) is 0 Å². The van der Waals surface area contributed by atoms with E-state index in [0.29, 0.717) is 25.0 Å². The maximum absolute atomic E-state index is 10.8. The zero-order valence-corrected chi connectivity index (χ0v) is 7.67. The number of carbonyl (C=O) groups excluding carboxylic acids is 1. The second-order valence-electron chi connectivity index (χ2n) is 2.91. The van der Waals surface area contributed by atoms with E-state index in [1.54, 1.807) is 13.8 Å². The Hall–Kier alpha value is -0.830. The standard InChI is InChI=1S/C9H16O3/c1-7(2)9(11)12-6-4-5-8(3)10/h8,10H,1,4-6H2,2-3H3. The van der Waals surface area contributed by atoms with Crippen LogP contribution in [0.1, 0.15) is 26.7 Å². The Kier molecular flexibility index (Phi) is 5.37. The molecule has 0 aliphatic rings. The van der Waals surface area contributed by atoms with Crippen molar-refractivity contribution >= 4 is 5.97 Å². The van der Waals surface area contributed by atoms with Gasteiger partial charge < -0.3 is 9.84 Å². The maximum atomic E-state index is 10.8. The zero-order chi connectivity index (χ0) is 9.56. The molecule has 3 heteroatoms. The Labute approximate surface area is 73.0 Å². The predicted molar refractivity (Wildman–Crippen MR) is 46.7 cm³/mol. The highest BCUT2D eigenvalue weighted by molar-refractivity contribution is 5.86. The summed E-state index contributed by atoms with van der Waals surface area (Å²) in [6, 6.07) is 0. The molecule has 0 saturated heterocycles. The van der Waals surface area contributed by atoms with Crippen molar-refractivity contribution < 1.29 is 14.6 Å². The van der Waals surface area contributed by atoms with Gasteiger partial charge in [-0.15, -0.1) is 0 Å². The highest BCUT2D eigenvalue weighted by Crippen LogP contribution is 1.98. The van der Waals surface area contributed by atoms with Gasteiger partial charge in [0.05, 0.1) is 12.7 Å². The summed E-state index contributed by atoms with van der Waals surface area (Å²) in [4.78, 5) is 10.8. The summed E-state index contributed by atoms with van der Waals surface area (Å²) in [6.45, 7) is 7.12. The van der Waals surface area contributed by atoms with Gasteiger partial charge in [-0.2, -0.15) is 0 Å². The van der Waals surface area contributed by atoms with Gasteiger partial charge >= 0.3 is 5.97 Å². The van der Waals surface area contributed by atoms with Crippen LogP contribution in [0.25, 0.3) is 0 Å². The van der Waals surface area contributed by atoms with E-state index < -0.39 is 0 Å². The van der Waals surface area contributed by atoms with Crippen LogP contribution in [0.15, 0.2) is 12.2 Å². The predicted octanol–water partition coefficient (Wildman–Crippen LogP) is 1.27. The molecular formula is C9H16O3. The molecule has 0 aliphatic carbocycles. The van der Waals surface area contributed by atoms with Crippen LogP contribution in [0.5, 0.6) is 0 Å². The highest BCUT2D eigenvalue weighted by Gasteiger charge is 2.02. The lowest BCUT2D eigenvalue weighted by atomic mass is 10.2. The maximum Gasteiger partial charge on any atom is 0.333 e. The third kappa shape index (κ3) is 5.92. The zero-order valence-electron chi connectivity index (χ0n) is 7.67. The van der Waals surface area contributed by atoms with E-state index in [9.17, 15) is 4.79 Å². The second-order valence-corrected chi connectivity index (χ2v) is 2.91. The molecule has 0 saturated carbocycles. The first-order valence-electron chi connectivity index (χ1n) is 4.04. The summed E-state index contributed by atoms with van der Waals surface area (Å²) in [5.74, 6) is -0.361. The van der Waals surface area contributed by atoms with E-state index in [0.717, 1.165) is 0 Å². The Morgan fingerprint density at radius 1 is 1.67 bits per heavy atom. The summed E-state index contributed by atoms with van der Waals surface area (Å²) in [7, 11) is 0. The smallest absolute Gasteiger partial charge is 0.333 e. The molecule has 12 heavy (non-hydrogen) atoms. The minimum atomic E-state index is -0.361. The molecule has 0 spiro atoms. The van der Waals surface area contributed by atoms with Crippen molar-refractivity contribution in [1.82, 2.24) is 0 Å². The highest BCUT2D eigenvalue weighted by atomic mass is 16.5. The van der Waals surface area contributed by atoms with Gasteiger partial charge in [0.2, 0.25) is 0 Å². The van der Waals surface area contributed by atoms with Crippen molar-refractivity contribution in [3.05, 3.63) is 12.2 Å². The lowest BCUT2D eigenvalue weighted by Gasteiger charge is -2.05. The molecule has 0 rings (SSSR count). The first-order valence-corrected chi connectivity index (χ1v) is 4.04. The topological polar surface area (TPSA) is 46.5 Å². The largest absolute Gasteiger partial charge is 0.462 e. The van der Waals surface area contributed by atoms with E-state index in [-0.39, 0.29) is 12.1 Å². The first-order chi connectivity index (χ1) is 5.54. The summed E-state index contributed by atoms with van der Waals surface area (Å²) in [6.07, 6.45) is 1.02. The van der Waals surface area contributed by atoms with E-state index in [4.69, 9.17) is 9.84 Å². The molecule has 70 valence electrons. The molecule has 3 nitrogen and oxygen atoms in total. The van der Waals surface area contributed by atoms with Crippen LogP contribution >= 0.6 is 0 Å². The molecule has 1 N–H and O–H groups in total. The van der Waals surface area contributed by atoms with Gasteiger partial charge in [-0.3, -0.25) is 0 Å². The van der Waals surface area contributed by atoms with Gasteiger partial charge in [0, 0.05) is 5.57 Å². The van der Waals surface area contributed by atoms with Gasteiger partial charge in [-0.05, 0) is 26.7 Å². The molecule has 0 radical (unpaired) electrons. The normalized spacial score (nSPS) is 12.2. The van der Waals surface area contributed by atoms with Crippen molar-refractivity contribution in [2.75, 3.05) is 6.61 Å². The molecule has 0 heterocycles. The lowest BCUT2D eigenvalue weighted by molar-refractivity contribution is -0.139. The van der Waals surface area contributed by atoms with Crippen LogP contribution in [0.4, 0.5) is 0 Å². The van der Waals surface area contributed by atoms with E-state index in [1.807, 2.05) is 0 Å². The molecule has 0 aromatic heterocycles. The summed E-state index contributed by atoms with van der Waals surface area (Å²) in [5, 5.41) is 8.87. The number of rotatable bonds is 5. The minimum absolute atomic E-state index is 0.325. The molecule has 0 amide bonds. The molecule has 0 fully saturated rings. The average molecular weight is 172 g/mol. The molecule has 0 bridgehead atoms.